The zero-order valence-electron chi connectivity index (χ0n) is 14.5. The van der Waals surface area contributed by atoms with E-state index in [4.69, 9.17) is 13.6 Å². The van der Waals surface area contributed by atoms with Crippen LogP contribution in [0.15, 0.2) is 42.7 Å². The highest BCUT2D eigenvalue weighted by Gasteiger charge is 2.37. The van der Waals surface area contributed by atoms with E-state index >= 15 is 0 Å². The van der Waals surface area contributed by atoms with Crippen LogP contribution in [0.1, 0.15) is 32.1 Å². The summed E-state index contributed by atoms with van der Waals surface area (Å²) in [6.07, 6.45) is -2.85. The van der Waals surface area contributed by atoms with E-state index < -0.39 is 34.9 Å². The van der Waals surface area contributed by atoms with Crippen LogP contribution in [-0.2, 0) is 6.18 Å². The highest BCUT2D eigenvalue weighted by atomic mass is 19.4. The van der Waals surface area contributed by atoms with E-state index in [9.17, 15) is 27.2 Å². The predicted octanol–water partition coefficient (Wildman–Crippen LogP) is 2.43. The summed E-state index contributed by atoms with van der Waals surface area (Å²) in [7, 11) is 5.44. The van der Waals surface area contributed by atoms with Gasteiger partial charge in [-0.15, -0.1) is 0 Å². The number of benzene rings is 1. The van der Waals surface area contributed by atoms with Crippen LogP contribution < -0.4 is 16.5 Å². The minimum atomic E-state index is -4.83. The molecule has 0 aliphatic heterocycles. The Morgan fingerprint density at radius 2 is 1.93 bits per heavy atom. The Balaban J connectivity index is 1.87. The second kappa shape index (κ2) is 7.42. The van der Waals surface area contributed by atoms with E-state index in [1.165, 1.54) is 12.1 Å². The van der Waals surface area contributed by atoms with Gasteiger partial charge in [0.25, 0.3) is 5.91 Å². The van der Waals surface area contributed by atoms with E-state index in [0.29, 0.717) is 0 Å². The highest BCUT2D eigenvalue weighted by Crippen LogP contribution is 2.31. The van der Waals surface area contributed by atoms with Crippen molar-refractivity contribution >= 4 is 36.4 Å². The molecule has 146 valence electrons. The zero-order chi connectivity index (χ0) is 21.3. The number of rotatable bonds is 4. The molecule has 0 bridgehead atoms. The topological polar surface area (TPSA) is 101 Å². The Morgan fingerprint density at radius 1 is 1.21 bits per heavy atom. The number of carbonyl (C=O) groups is 2. The van der Waals surface area contributed by atoms with E-state index in [1.54, 1.807) is 0 Å². The lowest BCUT2D eigenvalue weighted by molar-refractivity contribution is -0.141. The van der Waals surface area contributed by atoms with Crippen molar-refractivity contribution in [1.82, 2.24) is 9.97 Å². The molecule has 0 saturated carbocycles. The predicted molar refractivity (Wildman–Crippen MR) is 97.6 cm³/mol. The normalized spacial score (nSPS) is 11.3. The Morgan fingerprint density at radius 3 is 2.59 bits per heavy atom. The number of hydrogen-bond donors (Lipinski definition) is 3. The smallest absolute Gasteiger partial charge is 0.397 e. The van der Waals surface area contributed by atoms with Gasteiger partial charge in [-0.05, 0) is 30.3 Å². The monoisotopic (exact) mass is 402 g/mol. The molecule has 29 heavy (non-hydrogen) atoms. The lowest BCUT2D eigenvalue weighted by Gasteiger charge is -2.10. The van der Waals surface area contributed by atoms with Gasteiger partial charge in [-0.1, -0.05) is 5.46 Å². The molecule has 0 saturated heterocycles. The molecule has 0 spiro atoms. The summed E-state index contributed by atoms with van der Waals surface area (Å²) in [6, 6.07) is 5.40. The van der Waals surface area contributed by atoms with Gasteiger partial charge in [0.05, 0.1) is 11.3 Å². The average Bonchev–Trinajstić information content (AvgIpc) is 3.13. The highest BCUT2D eigenvalue weighted by molar-refractivity contribution is 6.32. The van der Waals surface area contributed by atoms with E-state index in [-0.39, 0.29) is 28.1 Å². The molecule has 3 aromatic rings. The van der Waals surface area contributed by atoms with Crippen LogP contribution in [0.2, 0.25) is 0 Å². The van der Waals surface area contributed by atoms with Gasteiger partial charge in [0.15, 0.2) is 11.5 Å². The van der Waals surface area contributed by atoms with E-state index in [1.807, 2.05) is 0 Å². The summed E-state index contributed by atoms with van der Waals surface area (Å²) in [5, 5.41) is 2.22. The second-order valence-corrected chi connectivity index (χ2v) is 5.95. The number of H-pyrrole nitrogens is 1. The summed E-state index contributed by atoms with van der Waals surface area (Å²) >= 11 is 0. The summed E-state index contributed by atoms with van der Waals surface area (Å²) in [6.45, 7) is 0. The Hall–Kier alpha value is -3.63. The van der Waals surface area contributed by atoms with Gasteiger partial charge >= 0.3 is 6.18 Å². The second-order valence-electron chi connectivity index (χ2n) is 5.95. The molecule has 0 atom stereocenters. The molecule has 1 amide bonds. The molecule has 2 radical (unpaired) electrons. The molecular weight excluding hydrogens is 391 g/mol. The first kappa shape index (κ1) is 20.1. The number of nitrogens with zero attached hydrogens (tertiary/aromatic N) is 1. The number of nitrogens with two attached hydrogens (primary N) is 1. The van der Waals surface area contributed by atoms with Crippen molar-refractivity contribution in [3.63, 3.8) is 0 Å². The van der Waals surface area contributed by atoms with Crippen molar-refractivity contribution in [2.24, 2.45) is 0 Å². The van der Waals surface area contributed by atoms with Crippen LogP contribution in [0.25, 0.3) is 0 Å². The Labute approximate surface area is 162 Å². The van der Waals surface area contributed by atoms with Crippen LogP contribution in [-0.4, -0.2) is 29.5 Å². The van der Waals surface area contributed by atoms with Crippen LogP contribution >= 0.6 is 0 Å². The minimum absolute atomic E-state index is 0.0581. The first-order valence-electron chi connectivity index (χ1n) is 7.99. The molecular formula is C18H11BF4N4O2. The molecule has 0 aliphatic carbocycles. The fourth-order valence-electron chi connectivity index (χ4n) is 2.59. The number of nitrogens with one attached hydrogen (secondary N) is 2. The summed E-state index contributed by atoms with van der Waals surface area (Å²) in [5.74, 6) is -2.72. The number of ketones is 1. The first-order chi connectivity index (χ1) is 13.6. The van der Waals surface area contributed by atoms with Crippen molar-refractivity contribution in [2.45, 2.75) is 6.18 Å². The largest absolute Gasteiger partial charge is 0.434 e. The average molecular weight is 402 g/mol. The first-order valence-corrected chi connectivity index (χ1v) is 7.99. The fourth-order valence-corrected chi connectivity index (χ4v) is 2.59. The van der Waals surface area contributed by atoms with Gasteiger partial charge in [0.2, 0.25) is 0 Å². The third-order valence-corrected chi connectivity index (χ3v) is 3.89. The van der Waals surface area contributed by atoms with Crippen molar-refractivity contribution < 1.29 is 27.2 Å². The number of aromatic nitrogens is 2. The maximum Gasteiger partial charge on any atom is 0.434 e. The number of amides is 1. The molecule has 6 nitrogen and oxygen atoms in total. The third-order valence-electron chi connectivity index (χ3n) is 3.89. The van der Waals surface area contributed by atoms with Crippen LogP contribution in [0.3, 0.4) is 0 Å². The molecule has 2 heterocycles. The number of pyridine rings is 1. The molecule has 0 aliphatic rings. The number of carbonyl (C=O) groups excluding carboxylic acids is 2. The molecule has 0 fully saturated rings. The fraction of sp³-hybridized carbons (Fsp3) is 0.0556. The van der Waals surface area contributed by atoms with Crippen LogP contribution in [0.4, 0.5) is 28.9 Å². The molecule has 3 rings (SSSR count). The summed E-state index contributed by atoms with van der Waals surface area (Å²) in [4.78, 5) is 30.5. The molecule has 1 aromatic carbocycles. The van der Waals surface area contributed by atoms with Gasteiger partial charge in [-0.2, -0.15) is 13.2 Å². The third kappa shape index (κ3) is 4.13. The lowest BCUT2D eigenvalue weighted by atomic mass is 9.95. The van der Waals surface area contributed by atoms with Gasteiger partial charge in [0.1, 0.15) is 25.0 Å². The van der Waals surface area contributed by atoms with E-state index in [2.05, 4.69) is 15.3 Å². The van der Waals surface area contributed by atoms with Crippen molar-refractivity contribution in [2.75, 3.05) is 11.1 Å². The molecule has 0 unspecified atom stereocenters. The number of halogens is 4. The van der Waals surface area contributed by atoms with Gasteiger partial charge in [-0.3, -0.25) is 14.6 Å². The number of alkyl halides is 3. The summed E-state index contributed by atoms with van der Waals surface area (Å²) < 4.78 is 53.1. The molecule has 4 N–H and O–H groups in total. The molecule has 2 aromatic heterocycles. The Kier molecular flexibility index (Phi) is 5.15. The lowest BCUT2D eigenvalue weighted by Crippen LogP contribution is -2.17. The Bertz CT molecular complexity index is 1090. The quantitative estimate of drug-likeness (QED) is 0.270. The SMILES string of the molecule is [B]c1cc(N)c(NC(=O)c2cc(C(=O)c3cccnc3C(F)(F)F)c[nH]2)c(F)c1. The number of hydrogen-bond acceptors (Lipinski definition) is 4. The van der Waals surface area contributed by atoms with Crippen LogP contribution in [0, 0.1) is 5.82 Å². The maximum atomic E-state index is 13.9. The number of anilines is 2. The van der Waals surface area contributed by atoms with Crippen LogP contribution in [0.5, 0.6) is 0 Å². The standard InChI is InChI=1S/C18H11BF4N4O2/c19-9-5-11(20)14(12(24)6-9)27-17(29)13-4-8(7-26-13)15(28)10-2-1-3-25-16(10)18(21,22)23/h1-7,26H,24H2,(H,27,29). The summed E-state index contributed by atoms with van der Waals surface area (Å²) in [5.41, 5.74) is 2.83. The van der Waals surface area contributed by atoms with E-state index in [0.717, 1.165) is 30.6 Å². The number of nitrogen functional groups attached to an aromatic ring is 1. The van der Waals surface area contributed by atoms with Crippen molar-refractivity contribution in [3.8, 4) is 0 Å². The zero-order valence-corrected chi connectivity index (χ0v) is 14.5. The van der Waals surface area contributed by atoms with Gasteiger partial charge in [0, 0.05) is 18.0 Å². The van der Waals surface area contributed by atoms with Gasteiger partial charge < -0.3 is 16.0 Å². The maximum absolute atomic E-state index is 13.9. The van der Waals surface area contributed by atoms with Gasteiger partial charge in [-0.25, -0.2) is 4.39 Å². The minimum Gasteiger partial charge on any atom is -0.397 e. The number of aromatic amines is 1. The molecule has 11 heteroatoms. The van der Waals surface area contributed by atoms with Crippen molar-refractivity contribution in [3.05, 3.63) is 71.1 Å². The van der Waals surface area contributed by atoms with Crippen molar-refractivity contribution in [1.29, 1.82) is 0 Å².